The van der Waals surface area contributed by atoms with Crippen LogP contribution >= 0.6 is 0 Å². The SMILES string of the molecule is CC/C=C\C/C=C\C/C=C\C/C=C\C/C=C\CCCCCC(=O)OC[C@@H](COC(=O)CCCC/C=C\C/C=C\C/C=C\CCCCC)OC(=O)CCCCC/C=C\C/C=C\C/C=C\C/C=C\CCCCC. The van der Waals surface area contributed by atoms with Crippen molar-refractivity contribution in [3.8, 4) is 0 Å². The van der Waals surface area contributed by atoms with E-state index in [1.807, 2.05) is 0 Å². The highest BCUT2D eigenvalue weighted by Gasteiger charge is 2.19. The Balaban J connectivity index is 4.60. The molecule has 0 radical (unpaired) electrons. The summed E-state index contributed by atoms with van der Waals surface area (Å²) in [6.07, 6.45) is 82.6. The van der Waals surface area contributed by atoms with Crippen LogP contribution in [0.5, 0.6) is 0 Å². The number of unbranched alkanes of at least 4 members (excludes halogenated alkanes) is 14. The maximum absolute atomic E-state index is 12.9. The number of carbonyl (C=O) groups excluding carboxylic acids is 3. The number of hydrogen-bond acceptors (Lipinski definition) is 6. The molecule has 0 aromatic heterocycles. The molecular weight excluding hydrogens is 877 g/mol. The fraction of sp³-hybridized carbons (Fsp3) is 0.585. The molecule has 0 aromatic carbocycles. The molecule has 0 saturated heterocycles. The van der Waals surface area contributed by atoms with E-state index in [9.17, 15) is 14.4 Å². The zero-order valence-electron chi connectivity index (χ0n) is 45.4. The Morgan fingerprint density at radius 2 is 0.549 bits per heavy atom. The molecule has 0 N–H and O–H groups in total. The van der Waals surface area contributed by atoms with Gasteiger partial charge in [-0.15, -0.1) is 0 Å². The van der Waals surface area contributed by atoms with Crippen molar-refractivity contribution in [3.05, 3.63) is 146 Å². The third kappa shape index (κ3) is 56.1. The Labute approximate surface area is 436 Å². The summed E-state index contributed by atoms with van der Waals surface area (Å²) in [6, 6.07) is 0. The maximum Gasteiger partial charge on any atom is 0.306 e. The molecule has 0 aromatic rings. The van der Waals surface area contributed by atoms with E-state index in [2.05, 4.69) is 167 Å². The van der Waals surface area contributed by atoms with Crippen LogP contribution in [0.1, 0.15) is 226 Å². The average Bonchev–Trinajstić information content (AvgIpc) is 3.37. The van der Waals surface area contributed by atoms with Gasteiger partial charge in [-0.3, -0.25) is 14.4 Å². The third-order valence-electron chi connectivity index (χ3n) is 11.3. The molecule has 0 aliphatic rings. The molecule has 0 aliphatic heterocycles. The Bertz CT molecular complexity index is 1590. The second-order valence-corrected chi connectivity index (χ2v) is 18.1. The van der Waals surface area contributed by atoms with Crippen molar-refractivity contribution in [3.63, 3.8) is 0 Å². The van der Waals surface area contributed by atoms with Gasteiger partial charge < -0.3 is 14.2 Å². The molecule has 0 amide bonds. The Kier molecular flexibility index (Phi) is 54.0. The van der Waals surface area contributed by atoms with Gasteiger partial charge >= 0.3 is 17.9 Å². The van der Waals surface area contributed by atoms with Gasteiger partial charge in [0.15, 0.2) is 6.10 Å². The second kappa shape index (κ2) is 57.9. The van der Waals surface area contributed by atoms with Gasteiger partial charge in [-0.2, -0.15) is 0 Å². The minimum absolute atomic E-state index is 0.127. The van der Waals surface area contributed by atoms with E-state index in [0.717, 1.165) is 122 Å². The van der Waals surface area contributed by atoms with Crippen LogP contribution in [-0.2, 0) is 28.6 Å². The lowest BCUT2D eigenvalue weighted by Gasteiger charge is -2.18. The fourth-order valence-corrected chi connectivity index (χ4v) is 7.04. The molecule has 0 saturated carbocycles. The minimum Gasteiger partial charge on any atom is -0.462 e. The summed E-state index contributed by atoms with van der Waals surface area (Å²) in [5.74, 6) is -1.03. The predicted molar refractivity (Wildman–Crippen MR) is 306 cm³/mol. The van der Waals surface area contributed by atoms with Crippen molar-refractivity contribution in [2.45, 2.75) is 232 Å². The molecule has 0 rings (SSSR count). The summed E-state index contributed by atoms with van der Waals surface area (Å²) in [7, 11) is 0. The molecule has 0 heterocycles. The van der Waals surface area contributed by atoms with E-state index in [1.54, 1.807) is 0 Å². The molecule has 6 nitrogen and oxygen atoms in total. The lowest BCUT2D eigenvalue weighted by atomic mass is 10.1. The van der Waals surface area contributed by atoms with Gasteiger partial charge in [-0.05, 0) is 148 Å². The quantitative estimate of drug-likeness (QED) is 0.0262. The van der Waals surface area contributed by atoms with E-state index in [1.165, 1.54) is 51.4 Å². The summed E-state index contributed by atoms with van der Waals surface area (Å²) >= 11 is 0. The summed E-state index contributed by atoms with van der Waals surface area (Å²) in [5.41, 5.74) is 0. The fourth-order valence-electron chi connectivity index (χ4n) is 7.04. The molecule has 71 heavy (non-hydrogen) atoms. The average molecular weight is 980 g/mol. The van der Waals surface area contributed by atoms with Gasteiger partial charge in [0.05, 0.1) is 0 Å². The number of carbonyl (C=O) groups is 3. The molecule has 0 spiro atoms. The lowest BCUT2D eigenvalue weighted by molar-refractivity contribution is -0.167. The Morgan fingerprint density at radius 1 is 0.296 bits per heavy atom. The number of hydrogen-bond donors (Lipinski definition) is 0. The van der Waals surface area contributed by atoms with Gasteiger partial charge in [0.1, 0.15) is 13.2 Å². The van der Waals surface area contributed by atoms with Crippen LogP contribution in [0.3, 0.4) is 0 Å². The molecule has 6 heteroatoms. The number of esters is 3. The van der Waals surface area contributed by atoms with Crippen LogP contribution in [0, 0.1) is 0 Å². The smallest absolute Gasteiger partial charge is 0.306 e. The van der Waals surface area contributed by atoms with E-state index >= 15 is 0 Å². The van der Waals surface area contributed by atoms with E-state index in [4.69, 9.17) is 14.2 Å². The molecule has 398 valence electrons. The van der Waals surface area contributed by atoms with Crippen LogP contribution in [-0.4, -0.2) is 37.2 Å². The molecule has 1 atom stereocenters. The highest BCUT2D eigenvalue weighted by Crippen LogP contribution is 2.11. The van der Waals surface area contributed by atoms with Crippen LogP contribution in [0.25, 0.3) is 0 Å². The number of ether oxygens (including phenoxy) is 3. The number of rotatable bonds is 49. The lowest BCUT2D eigenvalue weighted by Crippen LogP contribution is -2.30. The van der Waals surface area contributed by atoms with Gasteiger partial charge in [-0.1, -0.05) is 205 Å². The molecule has 0 unspecified atom stereocenters. The van der Waals surface area contributed by atoms with Gasteiger partial charge in [-0.25, -0.2) is 0 Å². The van der Waals surface area contributed by atoms with Crippen molar-refractivity contribution in [2.24, 2.45) is 0 Å². The normalized spacial score (nSPS) is 13.2. The van der Waals surface area contributed by atoms with Crippen molar-refractivity contribution in [1.82, 2.24) is 0 Å². The standard InChI is InChI=1S/C65H102O6/c1-4-7-10-13-16-19-22-25-28-30-32-34-37-40-43-46-49-52-55-58-64(67)70-61-62(60-69-63(66)57-54-51-48-45-42-39-36-27-24-21-18-15-12-9-6-3)71-65(68)59-56-53-50-47-44-41-38-35-33-31-29-26-23-20-17-14-11-8-5-2/h7,10,16-21,25-29,32-36,40-45,62H,4-6,8-9,11-15,22-24,30-31,37-39,46-61H2,1-3H3/b10-7-,19-16-,20-17-,21-18-,28-25-,29-26-,34-32-,35-33-,36-27-,43-40-,44-41-,45-42-/t62-/m1/s1. The van der Waals surface area contributed by atoms with E-state index in [-0.39, 0.29) is 44.0 Å². The van der Waals surface area contributed by atoms with Crippen molar-refractivity contribution >= 4 is 17.9 Å². The van der Waals surface area contributed by atoms with Gasteiger partial charge in [0, 0.05) is 19.3 Å². The second-order valence-electron chi connectivity index (χ2n) is 18.1. The molecule has 0 aliphatic carbocycles. The van der Waals surface area contributed by atoms with Crippen molar-refractivity contribution in [1.29, 1.82) is 0 Å². The Morgan fingerprint density at radius 3 is 0.859 bits per heavy atom. The molecule has 0 bridgehead atoms. The maximum atomic E-state index is 12.9. The summed E-state index contributed by atoms with van der Waals surface area (Å²) in [4.78, 5) is 38.1. The van der Waals surface area contributed by atoms with Crippen molar-refractivity contribution < 1.29 is 28.6 Å². The van der Waals surface area contributed by atoms with Crippen LogP contribution < -0.4 is 0 Å². The first-order valence-corrected chi connectivity index (χ1v) is 28.3. The van der Waals surface area contributed by atoms with Gasteiger partial charge in [0.2, 0.25) is 0 Å². The highest BCUT2D eigenvalue weighted by atomic mass is 16.6. The van der Waals surface area contributed by atoms with Crippen LogP contribution in [0.2, 0.25) is 0 Å². The molecule has 0 fully saturated rings. The zero-order chi connectivity index (χ0) is 51.4. The zero-order valence-corrected chi connectivity index (χ0v) is 45.4. The van der Waals surface area contributed by atoms with Crippen molar-refractivity contribution in [2.75, 3.05) is 13.2 Å². The monoisotopic (exact) mass is 979 g/mol. The summed E-state index contributed by atoms with van der Waals surface area (Å²) < 4.78 is 16.8. The Hall–Kier alpha value is -4.71. The summed E-state index contributed by atoms with van der Waals surface area (Å²) in [6.45, 7) is 6.36. The third-order valence-corrected chi connectivity index (χ3v) is 11.3. The first kappa shape index (κ1) is 66.3. The summed E-state index contributed by atoms with van der Waals surface area (Å²) in [5, 5.41) is 0. The largest absolute Gasteiger partial charge is 0.462 e. The first-order valence-electron chi connectivity index (χ1n) is 28.3. The van der Waals surface area contributed by atoms with Gasteiger partial charge in [0.25, 0.3) is 0 Å². The van der Waals surface area contributed by atoms with Crippen LogP contribution in [0.4, 0.5) is 0 Å². The molecular formula is C65H102O6. The minimum atomic E-state index is -0.832. The topological polar surface area (TPSA) is 78.9 Å². The highest BCUT2D eigenvalue weighted by molar-refractivity contribution is 5.71. The van der Waals surface area contributed by atoms with Crippen LogP contribution in [0.15, 0.2) is 146 Å². The van der Waals surface area contributed by atoms with E-state index in [0.29, 0.717) is 19.3 Å². The van der Waals surface area contributed by atoms with E-state index < -0.39 is 6.10 Å². The first-order chi connectivity index (χ1) is 35.0. The number of allylic oxidation sites excluding steroid dienone is 24. The predicted octanol–water partition coefficient (Wildman–Crippen LogP) is 19.2.